The molecule has 1 fully saturated rings. The first-order chi connectivity index (χ1) is 16.5. The van der Waals surface area contributed by atoms with Crippen molar-refractivity contribution in [3.63, 3.8) is 0 Å². The largest absolute Gasteiger partial charge is 0.497 e. The van der Waals surface area contributed by atoms with E-state index >= 15 is 0 Å². The molecule has 1 aromatic heterocycles. The molecular formula is C25H29FN4O3S. The van der Waals surface area contributed by atoms with E-state index in [1.807, 2.05) is 6.92 Å². The molecule has 1 heterocycles. The fraction of sp³-hybridized carbons (Fsp3) is 0.400. The number of para-hydroxylation sites is 1. The second-order valence-corrected chi connectivity index (χ2v) is 9.56. The molecule has 9 heteroatoms. The Bertz CT molecular complexity index is 1100. The van der Waals surface area contributed by atoms with E-state index in [2.05, 4.69) is 15.5 Å². The van der Waals surface area contributed by atoms with Gasteiger partial charge in [0.25, 0.3) is 0 Å². The highest BCUT2D eigenvalue weighted by Gasteiger charge is 2.24. The molecule has 0 radical (unpaired) electrons. The van der Waals surface area contributed by atoms with Gasteiger partial charge in [0.15, 0.2) is 11.0 Å². The van der Waals surface area contributed by atoms with Crippen LogP contribution in [0.1, 0.15) is 44.9 Å². The van der Waals surface area contributed by atoms with Gasteiger partial charge in [-0.2, -0.15) is 0 Å². The molecule has 1 aliphatic rings. The van der Waals surface area contributed by atoms with Crippen molar-refractivity contribution in [1.29, 1.82) is 0 Å². The standard InChI is InChI=1S/C25H29FN4O3S/c1-17(24(31)27-18-8-4-3-5-9-18)34-25-29-28-23(30(25)22-11-7-6-10-21(22)26)16-33-20-14-12-19(32-2)13-15-20/h6-7,10-15,17-18H,3-5,8-9,16H2,1-2H3,(H,27,31). The van der Waals surface area contributed by atoms with Gasteiger partial charge in [0.05, 0.1) is 18.0 Å². The van der Waals surface area contributed by atoms with Gasteiger partial charge in [-0.15, -0.1) is 10.2 Å². The number of ether oxygens (including phenoxy) is 2. The summed E-state index contributed by atoms with van der Waals surface area (Å²) in [4.78, 5) is 12.8. The van der Waals surface area contributed by atoms with Gasteiger partial charge in [0.1, 0.15) is 23.9 Å². The molecule has 1 aliphatic carbocycles. The summed E-state index contributed by atoms with van der Waals surface area (Å²) in [7, 11) is 1.60. The van der Waals surface area contributed by atoms with E-state index in [1.165, 1.54) is 24.2 Å². The zero-order valence-electron chi connectivity index (χ0n) is 19.4. The van der Waals surface area contributed by atoms with Crippen LogP contribution in [-0.4, -0.2) is 39.1 Å². The third-order valence-corrected chi connectivity index (χ3v) is 6.87. The minimum absolute atomic E-state index is 0.0454. The van der Waals surface area contributed by atoms with Crippen molar-refractivity contribution in [2.75, 3.05) is 7.11 Å². The topological polar surface area (TPSA) is 78.3 Å². The monoisotopic (exact) mass is 484 g/mol. The third-order valence-electron chi connectivity index (χ3n) is 5.82. The van der Waals surface area contributed by atoms with Crippen LogP contribution < -0.4 is 14.8 Å². The number of nitrogens with one attached hydrogen (secondary N) is 1. The second-order valence-electron chi connectivity index (χ2n) is 8.25. The summed E-state index contributed by atoms with van der Waals surface area (Å²) in [5, 5.41) is 11.7. The molecule has 34 heavy (non-hydrogen) atoms. The van der Waals surface area contributed by atoms with E-state index in [1.54, 1.807) is 54.1 Å². The predicted octanol–water partition coefficient (Wildman–Crippen LogP) is 4.92. The van der Waals surface area contributed by atoms with Crippen molar-refractivity contribution in [1.82, 2.24) is 20.1 Å². The number of benzene rings is 2. The molecule has 0 bridgehead atoms. The first kappa shape index (κ1) is 24.1. The van der Waals surface area contributed by atoms with Gasteiger partial charge in [0.2, 0.25) is 5.91 Å². The van der Waals surface area contributed by atoms with Crippen LogP contribution in [0.15, 0.2) is 53.7 Å². The Morgan fingerprint density at radius 2 is 1.82 bits per heavy atom. The van der Waals surface area contributed by atoms with Crippen LogP contribution in [0, 0.1) is 5.82 Å². The fourth-order valence-corrected chi connectivity index (χ4v) is 4.83. The van der Waals surface area contributed by atoms with Crippen molar-refractivity contribution in [3.8, 4) is 17.2 Å². The van der Waals surface area contributed by atoms with Gasteiger partial charge in [-0.05, 0) is 56.2 Å². The first-order valence-corrected chi connectivity index (χ1v) is 12.4. The number of thioether (sulfide) groups is 1. The highest BCUT2D eigenvalue weighted by molar-refractivity contribution is 8.00. The number of hydrogen-bond donors (Lipinski definition) is 1. The fourth-order valence-electron chi connectivity index (χ4n) is 3.94. The quantitative estimate of drug-likeness (QED) is 0.434. The van der Waals surface area contributed by atoms with Crippen LogP contribution in [0.3, 0.4) is 0 Å². The summed E-state index contributed by atoms with van der Waals surface area (Å²) >= 11 is 1.26. The summed E-state index contributed by atoms with van der Waals surface area (Å²) in [5.74, 6) is 1.33. The van der Waals surface area contributed by atoms with Gasteiger partial charge < -0.3 is 14.8 Å². The normalized spacial score (nSPS) is 15.0. The molecule has 2 aromatic carbocycles. The van der Waals surface area contributed by atoms with E-state index in [9.17, 15) is 9.18 Å². The number of amides is 1. The Hall–Kier alpha value is -3.07. The molecule has 0 spiro atoms. The smallest absolute Gasteiger partial charge is 0.233 e. The number of carbonyl (C=O) groups excluding carboxylic acids is 1. The Morgan fingerprint density at radius 1 is 1.12 bits per heavy atom. The molecule has 1 atom stereocenters. The number of carbonyl (C=O) groups is 1. The van der Waals surface area contributed by atoms with Gasteiger partial charge in [-0.3, -0.25) is 9.36 Å². The summed E-state index contributed by atoms with van der Waals surface area (Å²) < 4.78 is 27.4. The molecule has 3 aromatic rings. The maximum Gasteiger partial charge on any atom is 0.233 e. The van der Waals surface area contributed by atoms with Crippen LogP contribution in [0.5, 0.6) is 11.5 Å². The summed E-state index contributed by atoms with van der Waals surface area (Å²) in [6.45, 7) is 1.91. The van der Waals surface area contributed by atoms with Crippen molar-refractivity contribution in [2.45, 2.75) is 62.1 Å². The van der Waals surface area contributed by atoms with Gasteiger partial charge in [0, 0.05) is 6.04 Å². The molecule has 1 unspecified atom stereocenters. The van der Waals surface area contributed by atoms with E-state index in [-0.39, 0.29) is 18.6 Å². The SMILES string of the molecule is COc1ccc(OCc2nnc(SC(C)C(=O)NC3CCCCC3)n2-c2ccccc2F)cc1. The zero-order chi connectivity index (χ0) is 23.9. The van der Waals surface area contributed by atoms with Crippen LogP contribution in [0.2, 0.25) is 0 Å². The summed E-state index contributed by atoms with van der Waals surface area (Å²) in [5.41, 5.74) is 0.309. The lowest BCUT2D eigenvalue weighted by molar-refractivity contribution is -0.121. The van der Waals surface area contributed by atoms with Crippen molar-refractivity contribution < 1.29 is 18.7 Å². The number of nitrogens with zero attached hydrogens (tertiary/aromatic N) is 3. The number of aromatic nitrogens is 3. The lowest BCUT2D eigenvalue weighted by Crippen LogP contribution is -2.40. The molecule has 4 rings (SSSR count). The highest BCUT2D eigenvalue weighted by atomic mass is 32.2. The Morgan fingerprint density at radius 3 is 2.53 bits per heavy atom. The van der Waals surface area contributed by atoms with Gasteiger partial charge in [-0.25, -0.2) is 4.39 Å². The number of halogens is 1. The average Bonchev–Trinajstić information content (AvgIpc) is 3.26. The maximum absolute atomic E-state index is 14.7. The zero-order valence-corrected chi connectivity index (χ0v) is 20.2. The first-order valence-electron chi connectivity index (χ1n) is 11.5. The molecule has 1 saturated carbocycles. The maximum atomic E-state index is 14.7. The number of methoxy groups -OCH3 is 1. The van der Waals surface area contributed by atoms with E-state index in [0.29, 0.717) is 22.4 Å². The molecule has 7 nitrogen and oxygen atoms in total. The van der Waals surface area contributed by atoms with Crippen LogP contribution in [-0.2, 0) is 11.4 Å². The van der Waals surface area contributed by atoms with Gasteiger partial charge >= 0.3 is 0 Å². The van der Waals surface area contributed by atoms with E-state index in [0.717, 1.165) is 31.4 Å². The molecule has 0 saturated heterocycles. The number of rotatable bonds is 9. The Kier molecular flexibility index (Phi) is 8.05. The number of hydrogen-bond acceptors (Lipinski definition) is 6. The lowest BCUT2D eigenvalue weighted by atomic mass is 9.95. The van der Waals surface area contributed by atoms with Crippen LogP contribution >= 0.6 is 11.8 Å². The average molecular weight is 485 g/mol. The molecule has 1 N–H and O–H groups in total. The van der Waals surface area contributed by atoms with E-state index in [4.69, 9.17) is 9.47 Å². The summed E-state index contributed by atoms with van der Waals surface area (Å²) in [6, 6.07) is 13.8. The Labute approximate surface area is 203 Å². The predicted molar refractivity (Wildman–Crippen MR) is 129 cm³/mol. The van der Waals surface area contributed by atoms with E-state index < -0.39 is 11.1 Å². The van der Waals surface area contributed by atoms with Crippen LogP contribution in [0.4, 0.5) is 4.39 Å². The second kappa shape index (κ2) is 11.4. The molecular weight excluding hydrogens is 455 g/mol. The lowest BCUT2D eigenvalue weighted by Gasteiger charge is -2.24. The van der Waals surface area contributed by atoms with Gasteiger partial charge in [-0.1, -0.05) is 43.2 Å². The highest BCUT2D eigenvalue weighted by Crippen LogP contribution is 2.28. The van der Waals surface area contributed by atoms with Crippen LogP contribution in [0.25, 0.3) is 5.69 Å². The minimum atomic E-state index is -0.410. The third kappa shape index (κ3) is 5.88. The molecule has 0 aliphatic heterocycles. The Balaban J connectivity index is 1.52. The molecule has 1 amide bonds. The van der Waals surface area contributed by atoms with Crippen molar-refractivity contribution in [3.05, 3.63) is 60.2 Å². The van der Waals surface area contributed by atoms with Crippen molar-refractivity contribution in [2.24, 2.45) is 0 Å². The van der Waals surface area contributed by atoms with Crippen molar-refractivity contribution >= 4 is 17.7 Å². The minimum Gasteiger partial charge on any atom is -0.497 e. The summed E-state index contributed by atoms with van der Waals surface area (Å²) in [6.07, 6.45) is 5.55. The molecule has 180 valence electrons.